The summed E-state index contributed by atoms with van der Waals surface area (Å²) in [6.45, 7) is 3.27. The van der Waals surface area contributed by atoms with Crippen molar-refractivity contribution in [3.63, 3.8) is 0 Å². The van der Waals surface area contributed by atoms with E-state index in [4.69, 9.17) is 0 Å². The van der Waals surface area contributed by atoms with Gasteiger partial charge in [0.05, 0.1) is 19.9 Å². The zero-order valence-electron chi connectivity index (χ0n) is 13.0. The van der Waals surface area contributed by atoms with Gasteiger partial charge in [-0.3, -0.25) is 4.79 Å². The van der Waals surface area contributed by atoms with E-state index in [0.717, 1.165) is 25.3 Å². The van der Waals surface area contributed by atoms with Crippen LogP contribution in [0.15, 0.2) is 23.3 Å². The first kappa shape index (κ1) is 16.0. The molecule has 0 aliphatic heterocycles. The molecule has 0 amide bonds. The highest BCUT2D eigenvalue weighted by Gasteiger charge is 2.12. The number of rotatable bonds is 6. The van der Waals surface area contributed by atoms with Crippen LogP contribution >= 0.6 is 0 Å². The molecule has 0 saturated carbocycles. The minimum absolute atomic E-state index is 0.0548. The molecular weight excluding hydrogens is 284 g/mol. The average molecular weight is 306 g/mol. The van der Waals surface area contributed by atoms with Gasteiger partial charge in [-0.05, 0) is 19.8 Å². The standard InChI is InChI=1S/C14H22N6O2/c1-3-15-14(17-11-6-4-5-7-11)16-8-12-9-20(19-18-12)10-13(21)22-2/h4-5,9,11H,3,6-8,10H2,1-2H3,(H2,15,16,17). The van der Waals surface area contributed by atoms with Gasteiger partial charge in [-0.25, -0.2) is 9.67 Å². The molecule has 120 valence electrons. The lowest BCUT2D eigenvalue weighted by molar-refractivity contribution is -0.141. The first-order valence-electron chi connectivity index (χ1n) is 7.37. The summed E-state index contributed by atoms with van der Waals surface area (Å²) < 4.78 is 6.03. The van der Waals surface area contributed by atoms with Gasteiger partial charge in [0.1, 0.15) is 12.2 Å². The molecule has 1 aromatic rings. The smallest absolute Gasteiger partial charge is 0.327 e. The van der Waals surface area contributed by atoms with Crippen molar-refractivity contribution in [2.75, 3.05) is 13.7 Å². The third-order valence-electron chi connectivity index (χ3n) is 3.20. The third-order valence-corrected chi connectivity index (χ3v) is 3.20. The summed E-state index contributed by atoms with van der Waals surface area (Å²) >= 11 is 0. The molecule has 0 spiro atoms. The molecule has 0 bridgehead atoms. The first-order valence-corrected chi connectivity index (χ1v) is 7.37. The van der Waals surface area contributed by atoms with E-state index in [9.17, 15) is 4.79 Å². The summed E-state index contributed by atoms with van der Waals surface area (Å²) in [5, 5.41) is 14.5. The summed E-state index contributed by atoms with van der Waals surface area (Å²) in [7, 11) is 1.34. The van der Waals surface area contributed by atoms with E-state index in [-0.39, 0.29) is 12.5 Å². The predicted molar refractivity (Wildman–Crippen MR) is 82.2 cm³/mol. The van der Waals surface area contributed by atoms with Crippen LogP contribution in [-0.4, -0.2) is 46.6 Å². The highest BCUT2D eigenvalue weighted by Crippen LogP contribution is 2.08. The molecule has 8 nitrogen and oxygen atoms in total. The lowest BCUT2D eigenvalue weighted by atomic mass is 10.2. The maximum Gasteiger partial charge on any atom is 0.327 e. The van der Waals surface area contributed by atoms with Gasteiger partial charge in [0, 0.05) is 12.6 Å². The Labute approximate surface area is 129 Å². The summed E-state index contributed by atoms with van der Waals surface area (Å²) in [5.41, 5.74) is 0.700. The Kier molecular flexibility index (Phi) is 5.93. The zero-order chi connectivity index (χ0) is 15.8. The van der Waals surface area contributed by atoms with Crippen molar-refractivity contribution in [1.82, 2.24) is 25.6 Å². The van der Waals surface area contributed by atoms with Crippen LogP contribution in [0.5, 0.6) is 0 Å². The molecule has 22 heavy (non-hydrogen) atoms. The maximum atomic E-state index is 11.2. The van der Waals surface area contributed by atoms with E-state index < -0.39 is 0 Å². The van der Waals surface area contributed by atoms with Crippen molar-refractivity contribution < 1.29 is 9.53 Å². The predicted octanol–water partition coefficient (Wildman–Crippen LogP) is 0.225. The minimum atomic E-state index is -0.358. The quantitative estimate of drug-likeness (QED) is 0.338. The molecule has 2 rings (SSSR count). The summed E-state index contributed by atoms with van der Waals surface area (Å²) in [5.74, 6) is 0.405. The van der Waals surface area contributed by atoms with Crippen molar-refractivity contribution >= 4 is 11.9 Å². The Morgan fingerprint density at radius 2 is 2.27 bits per heavy atom. The molecule has 8 heteroatoms. The molecule has 0 atom stereocenters. The van der Waals surface area contributed by atoms with E-state index in [2.05, 4.69) is 42.8 Å². The molecule has 1 aliphatic rings. The van der Waals surface area contributed by atoms with Gasteiger partial charge in [0.2, 0.25) is 0 Å². The van der Waals surface area contributed by atoms with Crippen molar-refractivity contribution in [2.24, 2.45) is 4.99 Å². The second-order valence-electron chi connectivity index (χ2n) is 4.96. The van der Waals surface area contributed by atoms with Crippen molar-refractivity contribution in [2.45, 2.75) is 38.9 Å². The Morgan fingerprint density at radius 1 is 1.50 bits per heavy atom. The molecule has 0 radical (unpaired) electrons. The molecule has 1 aromatic heterocycles. The molecule has 1 aliphatic carbocycles. The van der Waals surface area contributed by atoms with Gasteiger partial charge >= 0.3 is 5.97 Å². The molecule has 0 saturated heterocycles. The van der Waals surface area contributed by atoms with Crippen LogP contribution in [0.25, 0.3) is 0 Å². The average Bonchev–Trinajstić information content (AvgIpc) is 3.16. The van der Waals surface area contributed by atoms with Crippen molar-refractivity contribution in [3.05, 3.63) is 24.0 Å². The van der Waals surface area contributed by atoms with E-state index in [1.165, 1.54) is 11.8 Å². The van der Waals surface area contributed by atoms with Crippen LogP contribution in [0.3, 0.4) is 0 Å². The summed E-state index contributed by atoms with van der Waals surface area (Å²) in [6, 6.07) is 0.396. The molecule has 0 fully saturated rings. The fourth-order valence-electron chi connectivity index (χ4n) is 2.09. The van der Waals surface area contributed by atoms with Crippen molar-refractivity contribution in [3.8, 4) is 0 Å². The van der Waals surface area contributed by atoms with Crippen LogP contribution in [0.1, 0.15) is 25.5 Å². The highest BCUT2D eigenvalue weighted by atomic mass is 16.5. The van der Waals surface area contributed by atoms with Crippen LogP contribution in [-0.2, 0) is 22.6 Å². The second-order valence-corrected chi connectivity index (χ2v) is 4.96. The normalized spacial score (nSPS) is 15.1. The fraction of sp³-hybridized carbons (Fsp3) is 0.571. The van der Waals surface area contributed by atoms with Gasteiger partial charge in [-0.15, -0.1) is 5.10 Å². The van der Waals surface area contributed by atoms with E-state index in [0.29, 0.717) is 18.3 Å². The van der Waals surface area contributed by atoms with Crippen LogP contribution < -0.4 is 10.6 Å². The Hall–Kier alpha value is -2.38. The molecule has 1 heterocycles. The van der Waals surface area contributed by atoms with Crippen LogP contribution in [0.4, 0.5) is 0 Å². The van der Waals surface area contributed by atoms with Gasteiger partial charge < -0.3 is 15.4 Å². The fourth-order valence-corrected chi connectivity index (χ4v) is 2.09. The number of hydrogen-bond acceptors (Lipinski definition) is 5. The van der Waals surface area contributed by atoms with E-state index >= 15 is 0 Å². The van der Waals surface area contributed by atoms with Gasteiger partial charge in [0.15, 0.2) is 5.96 Å². The van der Waals surface area contributed by atoms with E-state index in [1.807, 2.05) is 6.92 Å². The number of aromatic nitrogens is 3. The van der Waals surface area contributed by atoms with Crippen LogP contribution in [0.2, 0.25) is 0 Å². The molecule has 0 aromatic carbocycles. The lowest BCUT2D eigenvalue weighted by Crippen LogP contribution is -2.42. The minimum Gasteiger partial charge on any atom is -0.468 e. The Morgan fingerprint density at radius 3 is 2.95 bits per heavy atom. The van der Waals surface area contributed by atoms with E-state index in [1.54, 1.807) is 6.20 Å². The second kappa shape index (κ2) is 8.16. The highest BCUT2D eigenvalue weighted by molar-refractivity contribution is 5.80. The largest absolute Gasteiger partial charge is 0.468 e. The summed E-state index contributed by atoms with van der Waals surface area (Å²) in [4.78, 5) is 15.7. The number of nitrogens with zero attached hydrogens (tertiary/aromatic N) is 4. The molecule has 2 N–H and O–H groups in total. The van der Waals surface area contributed by atoms with Gasteiger partial charge in [0.25, 0.3) is 0 Å². The lowest BCUT2D eigenvalue weighted by Gasteiger charge is -2.16. The Balaban J connectivity index is 1.90. The number of aliphatic imine (C=N–C) groups is 1. The number of methoxy groups -OCH3 is 1. The molecule has 0 unspecified atom stereocenters. The van der Waals surface area contributed by atoms with Crippen LogP contribution in [0, 0.1) is 0 Å². The monoisotopic (exact) mass is 306 g/mol. The van der Waals surface area contributed by atoms with Crippen molar-refractivity contribution in [1.29, 1.82) is 0 Å². The first-order chi connectivity index (χ1) is 10.7. The topological polar surface area (TPSA) is 93.4 Å². The number of esters is 1. The van der Waals surface area contributed by atoms with Gasteiger partial charge in [-0.1, -0.05) is 17.4 Å². The number of hydrogen-bond donors (Lipinski definition) is 2. The Bertz CT molecular complexity index is 543. The third kappa shape index (κ3) is 4.87. The number of nitrogens with one attached hydrogen (secondary N) is 2. The number of carbonyl (C=O) groups is 1. The number of ether oxygens (including phenoxy) is 1. The number of carbonyl (C=O) groups excluding carboxylic acids is 1. The molecular formula is C14H22N6O2. The maximum absolute atomic E-state index is 11.2. The zero-order valence-corrected chi connectivity index (χ0v) is 13.0. The van der Waals surface area contributed by atoms with Gasteiger partial charge in [-0.2, -0.15) is 0 Å². The SMILES string of the molecule is CCNC(=NCc1cn(CC(=O)OC)nn1)NC1CC=CC1. The summed E-state index contributed by atoms with van der Waals surface area (Å²) in [6.07, 6.45) is 8.06. The number of guanidine groups is 1.